The number of pyridine rings is 1. The minimum Gasteiger partial charge on any atom is -0.497 e. The number of nitrogens with two attached hydrogens (primary N) is 1. The zero-order valence-electron chi connectivity index (χ0n) is 17.0. The second-order valence-corrected chi connectivity index (χ2v) is 7.60. The van der Waals surface area contributed by atoms with E-state index < -0.39 is 6.09 Å². The number of ether oxygens (including phenoxy) is 3. The average Bonchev–Trinajstić information content (AvgIpc) is 3.40. The van der Waals surface area contributed by atoms with E-state index >= 15 is 0 Å². The van der Waals surface area contributed by atoms with Crippen molar-refractivity contribution >= 4 is 34.3 Å². The van der Waals surface area contributed by atoms with Gasteiger partial charge in [0.05, 0.1) is 30.3 Å². The molecule has 0 saturated carbocycles. The minimum absolute atomic E-state index is 0.361. The van der Waals surface area contributed by atoms with Gasteiger partial charge in [-0.15, -0.1) is 0 Å². The summed E-state index contributed by atoms with van der Waals surface area (Å²) in [6.07, 6.45) is 1.15. The summed E-state index contributed by atoms with van der Waals surface area (Å²) in [5, 5.41) is 3.08. The maximum Gasteiger partial charge on any atom is 0.413 e. The van der Waals surface area contributed by atoms with E-state index in [9.17, 15) is 4.79 Å². The van der Waals surface area contributed by atoms with Crippen molar-refractivity contribution in [3.05, 3.63) is 42.6 Å². The predicted octanol–water partition coefficient (Wildman–Crippen LogP) is 3.68. The van der Waals surface area contributed by atoms with Crippen molar-refractivity contribution in [1.29, 1.82) is 0 Å². The molecule has 4 N–H and O–H groups in total. The summed E-state index contributed by atoms with van der Waals surface area (Å²) < 4.78 is 15.5. The normalized spacial score (nSPS) is 10.9. The first-order valence-corrected chi connectivity index (χ1v) is 10.2. The number of H-pyrrole nitrogens is 1. The number of nitrogen functional groups attached to an aromatic ring is 1. The molecule has 0 unspecified atom stereocenters. The van der Waals surface area contributed by atoms with Crippen LogP contribution < -0.4 is 20.5 Å². The standard InChI is InChI=1S/C21H21N5O4S/c1-28-8-7-23-21(27)30-18-6-5-17(31-18)12-9-14(19(22)24-11-12)20-25-15-4-3-13(29-2)10-16(15)26-20/h3-6,9-11H,7-8H2,1-2H3,(H2,22,24)(H,23,27)(H,25,26). The Morgan fingerprint density at radius 2 is 2.10 bits per heavy atom. The predicted molar refractivity (Wildman–Crippen MR) is 120 cm³/mol. The lowest BCUT2D eigenvalue weighted by atomic mass is 10.1. The van der Waals surface area contributed by atoms with Gasteiger partial charge in [0.2, 0.25) is 0 Å². The van der Waals surface area contributed by atoms with Gasteiger partial charge < -0.3 is 30.2 Å². The highest BCUT2D eigenvalue weighted by molar-refractivity contribution is 7.17. The summed E-state index contributed by atoms with van der Waals surface area (Å²) in [5.74, 6) is 1.71. The fraction of sp³-hybridized carbons (Fsp3) is 0.190. The third-order valence-corrected chi connectivity index (χ3v) is 5.51. The fourth-order valence-electron chi connectivity index (χ4n) is 2.96. The average molecular weight is 439 g/mol. The van der Waals surface area contributed by atoms with Crippen LogP contribution in [0.1, 0.15) is 0 Å². The van der Waals surface area contributed by atoms with Crippen LogP contribution in [0.25, 0.3) is 32.9 Å². The molecule has 4 aromatic rings. The van der Waals surface area contributed by atoms with Crippen molar-refractivity contribution < 1.29 is 19.0 Å². The molecule has 3 aromatic heterocycles. The number of fused-ring (bicyclic) bond motifs is 1. The maximum absolute atomic E-state index is 11.8. The van der Waals surface area contributed by atoms with E-state index in [0.29, 0.717) is 35.4 Å². The molecule has 3 heterocycles. The number of hydrogen-bond donors (Lipinski definition) is 3. The van der Waals surface area contributed by atoms with Crippen molar-refractivity contribution in [2.24, 2.45) is 0 Å². The molecule has 160 valence electrons. The number of thiophene rings is 1. The Kier molecular flexibility index (Phi) is 6.01. The van der Waals surface area contributed by atoms with Gasteiger partial charge in [-0.3, -0.25) is 0 Å². The molecule has 0 bridgehead atoms. The highest BCUT2D eigenvalue weighted by atomic mass is 32.1. The Balaban J connectivity index is 1.57. The Hall–Kier alpha value is -3.63. The van der Waals surface area contributed by atoms with Crippen LogP contribution in [0.2, 0.25) is 0 Å². The van der Waals surface area contributed by atoms with Gasteiger partial charge in [0, 0.05) is 36.4 Å². The van der Waals surface area contributed by atoms with Crippen LogP contribution >= 0.6 is 11.3 Å². The van der Waals surface area contributed by atoms with Crippen LogP contribution in [0, 0.1) is 0 Å². The number of hydrogen-bond acceptors (Lipinski definition) is 8. The molecule has 0 aliphatic heterocycles. The summed E-state index contributed by atoms with van der Waals surface area (Å²) >= 11 is 1.33. The van der Waals surface area contributed by atoms with Crippen LogP contribution in [-0.4, -0.2) is 48.4 Å². The first kappa shape index (κ1) is 20.6. The van der Waals surface area contributed by atoms with E-state index in [2.05, 4.69) is 20.3 Å². The molecule has 1 amide bonds. The number of nitrogens with zero attached hydrogens (tertiary/aromatic N) is 2. The maximum atomic E-state index is 11.8. The first-order valence-electron chi connectivity index (χ1n) is 9.42. The smallest absolute Gasteiger partial charge is 0.413 e. The van der Waals surface area contributed by atoms with E-state index in [1.54, 1.807) is 26.5 Å². The zero-order chi connectivity index (χ0) is 21.8. The molecule has 0 aliphatic rings. The third kappa shape index (κ3) is 4.60. The molecule has 1 aromatic carbocycles. The van der Waals surface area contributed by atoms with E-state index in [4.69, 9.17) is 19.9 Å². The number of nitrogens with one attached hydrogen (secondary N) is 2. The van der Waals surface area contributed by atoms with Crippen LogP contribution in [0.15, 0.2) is 42.6 Å². The summed E-state index contributed by atoms with van der Waals surface area (Å²) in [5.41, 5.74) is 9.28. The van der Waals surface area contributed by atoms with Gasteiger partial charge in [-0.2, -0.15) is 0 Å². The Bertz CT molecular complexity index is 1220. The van der Waals surface area contributed by atoms with Crippen LogP contribution in [-0.2, 0) is 4.74 Å². The number of amides is 1. The molecule has 0 saturated heterocycles. The van der Waals surface area contributed by atoms with E-state index in [1.807, 2.05) is 30.3 Å². The number of carbonyl (C=O) groups excluding carboxylic acids is 1. The number of methoxy groups -OCH3 is 2. The first-order chi connectivity index (χ1) is 15.1. The number of benzene rings is 1. The Morgan fingerprint density at radius 1 is 1.23 bits per heavy atom. The van der Waals surface area contributed by atoms with Gasteiger partial charge in [-0.25, -0.2) is 14.8 Å². The molecule has 0 fully saturated rings. The summed E-state index contributed by atoms with van der Waals surface area (Å²) in [6, 6.07) is 11.1. The lowest BCUT2D eigenvalue weighted by molar-refractivity contribution is 0.181. The van der Waals surface area contributed by atoms with E-state index in [-0.39, 0.29) is 0 Å². The Labute approximate surface area is 182 Å². The van der Waals surface area contributed by atoms with Gasteiger partial charge in [0.15, 0.2) is 5.06 Å². The van der Waals surface area contributed by atoms with Crippen molar-refractivity contribution in [3.63, 3.8) is 0 Å². The highest BCUT2D eigenvalue weighted by Crippen LogP contribution is 2.36. The largest absolute Gasteiger partial charge is 0.497 e. The van der Waals surface area contributed by atoms with Crippen LogP contribution in [0.3, 0.4) is 0 Å². The second kappa shape index (κ2) is 9.02. The fourth-order valence-corrected chi connectivity index (χ4v) is 3.79. The number of carbonyl (C=O) groups is 1. The Morgan fingerprint density at radius 3 is 2.90 bits per heavy atom. The van der Waals surface area contributed by atoms with Gasteiger partial charge in [0.1, 0.15) is 17.4 Å². The molecular formula is C21H21N5O4S. The van der Waals surface area contributed by atoms with Crippen LogP contribution in [0.4, 0.5) is 10.6 Å². The lowest BCUT2D eigenvalue weighted by Crippen LogP contribution is -2.29. The third-order valence-electron chi connectivity index (χ3n) is 4.50. The quantitative estimate of drug-likeness (QED) is 0.375. The SMILES string of the molecule is COCCNC(=O)Oc1ccc(-c2cnc(N)c(-c3nc4ccc(OC)cc4[nH]3)c2)s1. The summed E-state index contributed by atoms with van der Waals surface area (Å²) in [6.45, 7) is 0.793. The molecule has 0 atom stereocenters. The molecule has 10 heteroatoms. The van der Waals surface area contributed by atoms with Gasteiger partial charge in [-0.1, -0.05) is 11.3 Å². The number of aromatic nitrogens is 3. The van der Waals surface area contributed by atoms with Crippen molar-refractivity contribution in [2.45, 2.75) is 0 Å². The van der Waals surface area contributed by atoms with E-state index in [1.165, 1.54) is 11.3 Å². The molecule has 0 radical (unpaired) electrons. The number of rotatable bonds is 7. The summed E-state index contributed by atoms with van der Waals surface area (Å²) in [4.78, 5) is 24.9. The second-order valence-electron chi connectivity index (χ2n) is 6.55. The zero-order valence-corrected chi connectivity index (χ0v) is 17.8. The molecule has 4 rings (SSSR count). The highest BCUT2D eigenvalue weighted by Gasteiger charge is 2.14. The number of aromatic amines is 1. The number of imidazole rings is 1. The minimum atomic E-state index is -0.528. The molecular weight excluding hydrogens is 418 g/mol. The molecule has 9 nitrogen and oxygen atoms in total. The monoisotopic (exact) mass is 439 g/mol. The molecule has 0 aliphatic carbocycles. The number of anilines is 1. The van der Waals surface area contributed by atoms with Gasteiger partial charge in [-0.05, 0) is 30.3 Å². The van der Waals surface area contributed by atoms with Crippen molar-refractivity contribution in [3.8, 4) is 32.6 Å². The van der Waals surface area contributed by atoms with E-state index in [0.717, 1.165) is 27.2 Å². The van der Waals surface area contributed by atoms with Crippen molar-refractivity contribution in [2.75, 3.05) is 33.1 Å². The van der Waals surface area contributed by atoms with Gasteiger partial charge >= 0.3 is 6.09 Å². The van der Waals surface area contributed by atoms with Crippen molar-refractivity contribution in [1.82, 2.24) is 20.3 Å². The van der Waals surface area contributed by atoms with Gasteiger partial charge in [0.25, 0.3) is 0 Å². The molecule has 31 heavy (non-hydrogen) atoms. The molecule has 0 spiro atoms. The van der Waals surface area contributed by atoms with Crippen LogP contribution in [0.5, 0.6) is 10.8 Å². The summed E-state index contributed by atoms with van der Waals surface area (Å²) in [7, 11) is 3.18. The topological polar surface area (TPSA) is 124 Å². The lowest BCUT2D eigenvalue weighted by Gasteiger charge is -2.05.